The van der Waals surface area contributed by atoms with E-state index < -0.39 is 18.1 Å². The number of aryl methyl sites for hydroxylation is 1. The smallest absolute Gasteiger partial charge is 0.146 e. The van der Waals surface area contributed by atoms with E-state index in [0.29, 0.717) is 0 Å². The maximum atomic E-state index is 13.3. The molecule has 0 aliphatic carbocycles. The van der Waals surface area contributed by atoms with E-state index in [1.807, 2.05) is 6.92 Å². The molecule has 0 bridgehead atoms. The number of aromatic nitrogens is 2. The average Bonchev–Trinajstić information content (AvgIpc) is 3.47. The summed E-state index contributed by atoms with van der Waals surface area (Å²) in [5.41, 5.74) is 0.754. The normalized spacial score (nSPS) is 13.0. The number of unbranched alkanes of at least 4 members (excludes halogenated alkanes) is 24. The van der Waals surface area contributed by atoms with E-state index in [0.717, 1.165) is 44.2 Å². The lowest BCUT2D eigenvalue weighted by Gasteiger charge is -2.24. The summed E-state index contributed by atoms with van der Waals surface area (Å²) in [6.45, 7) is 6.32. The Bertz CT molecular complexity index is 797. The molecule has 1 rings (SSSR count). The van der Waals surface area contributed by atoms with E-state index >= 15 is 0 Å². The van der Waals surface area contributed by atoms with Crippen LogP contribution in [-0.4, -0.2) is 37.9 Å². The number of nitrogens with one attached hydrogen (secondary N) is 1. The van der Waals surface area contributed by atoms with Crippen LogP contribution < -0.4 is 0 Å². The predicted molar refractivity (Wildman–Crippen MR) is 188 cm³/mol. The van der Waals surface area contributed by atoms with E-state index in [9.17, 15) is 19.8 Å². The van der Waals surface area contributed by atoms with Crippen LogP contribution in [0.3, 0.4) is 0 Å². The van der Waals surface area contributed by atoms with Gasteiger partial charge in [-0.2, -0.15) is 0 Å². The number of imidazole rings is 1. The molecule has 0 amide bonds. The zero-order valence-corrected chi connectivity index (χ0v) is 29.8. The summed E-state index contributed by atoms with van der Waals surface area (Å²) >= 11 is 0. The second-order valence-corrected chi connectivity index (χ2v) is 13.8. The van der Waals surface area contributed by atoms with E-state index in [2.05, 4.69) is 23.8 Å². The van der Waals surface area contributed by atoms with Gasteiger partial charge < -0.3 is 15.2 Å². The highest BCUT2D eigenvalue weighted by molar-refractivity contribution is 6.03. The van der Waals surface area contributed by atoms with Crippen LogP contribution in [0.15, 0.2) is 6.20 Å². The zero-order chi connectivity index (χ0) is 33.0. The van der Waals surface area contributed by atoms with Gasteiger partial charge in [0, 0.05) is 24.7 Å². The number of carbonyl (C=O) groups excluding carboxylic acids is 2. The van der Waals surface area contributed by atoms with Crippen LogP contribution in [0.2, 0.25) is 0 Å². The molecule has 0 saturated heterocycles. The van der Waals surface area contributed by atoms with Crippen molar-refractivity contribution in [2.45, 2.75) is 213 Å². The second kappa shape index (κ2) is 28.7. The molecule has 1 aromatic heterocycles. The Morgan fingerprint density at radius 1 is 0.578 bits per heavy atom. The van der Waals surface area contributed by atoms with E-state index in [-0.39, 0.29) is 30.2 Å². The van der Waals surface area contributed by atoms with Crippen molar-refractivity contribution in [2.75, 3.05) is 0 Å². The summed E-state index contributed by atoms with van der Waals surface area (Å²) < 4.78 is 0. The molecule has 0 fully saturated rings. The molecule has 262 valence electrons. The topological polar surface area (TPSA) is 103 Å². The van der Waals surface area contributed by atoms with Crippen molar-refractivity contribution in [1.82, 2.24) is 9.97 Å². The largest absolute Gasteiger partial charge is 0.389 e. The Labute approximate surface area is 277 Å². The first-order valence-electron chi connectivity index (χ1n) is 19.3. The molecule has 0 aliphatic heterocycles. The third kappa shape index (κ3) is 21.1. The first-order chi connectivity index (χ1) is 21.9. The lowest BCUT2D eigenvalue weighted by molar-refractivity contribution is -0.142. The van der Waals surface area contributed by atoms with E-state index in [1.165, 1.54) is 128 Å². The Morgan fingerprint density at radius 2 is 0.889 bits per heavy atom. The molecular formula is C39H72N2O4. The fourth-order valence-electron chi connectivity index (χ4n) is 6.43. The van der Waals surface area contributed by atoms with Crippen molar-refractivity contribution in [2.24, 2.45) is 5.92 Å². The van der Waals surface area contributed by atoms with E-state index in [4.69, 9.17) is 0 Å². The maximum Gasteiger partial charge on any atom is 0.146 e. The van der Waals surface area contributed by atoms with Gasteiger partial charge in [-0.25, -0.2) is 4.98 Å². The van der Waals surface area contributed by atoms with Crippen molar-refractivity contribution >= 4 is 11.6 Å². The summed E-state index contributed by atoms with van der Waals surface area (Å²) in [4.78, 5) is 33.6. The zero-order valence-electron chi connectivity index (χ0n) is 29.8. The molecule has 0 aromatic carbocycles. The van der Waals surface area contributed by atoms with Gasteiger partial charge in [0.2, 0.25) is 0 Å². The molecule has 2 unspecified atom stereocenters. The predicted octanol–water partition coefficient (Wildman–Crippen LogP) is 10.8. The SMILES string of the molecule is CCCCCCCCCCCCCCCC(=O)C(C(=O)CCCCCCCCCCCCCCC)C(O)C(O)c1ncc(C)[nH]1. The van der Waals surface area contributed by atoms with E-state index in [1.54, 1.807) is 6.20 Å². The van der Waals surface area contributed by atoms with Crippen LogP contribution in [0, 0.1) is 12.8 Å². The van der Waals surface area contributed by atoms with Gasteiger partial charge in [-0.05, 0) is 19.8 Å². The van der Waals surface area contributed by atoms with Gasteiger partial charge in [-0.15, -0.1) is 0 Å². The Kier molecular flexibility index (Phi) is 26.4. The number of aliphatic hydroxyl groups is 2. The average molecular weight is 633 g/mol. The highest BCUT2D eigenvalue weighted by Crippen LogP contribution is 2.25. The van der Waals surface area contributed by atoms with Crippen LogP contribution in [-0.2, 0) is 9.59 Å². The fourth-order valence-corrected chi connectivity index (χ4v) is 6.43. The molecule has 6 heteroatoms. The second-order valence-electron chi connectivity index (χ2n) is 13.8. The molecule has 2 atom stereocenters. The Hall–Kier alpha value is -1.53. The molecular weight excluding hydrogens is 560 g/mol. The van der Waals surface area contributed by atoms with Crippen LogP contribution in [0.4, 0.5) is 0 Å². The molecule has 0 saturated carbocycles. The quantitative estimate of drug-likeness (QED) is 0.0528. The molecule has 1 aromatic rings. The Balaban J connectivity index is 2.36. The standard InChI is InChI=1S/C39H72N2O4/c1-4-6-8-10-12-14-16-18-20-22-24-26-28-30-34(42)36(37(44)38(45)39-40-32-33(3)41-39)35(43)31-29-27-25-23-21-19-17-15-13-11-9-7-5-2/h32,36-38,44-45H,4-31H2,1-3H3,(H,40,41). The lowest BCUT2D eigenvalue weighted by atomic mass is 9.85. The molecule has 6 nitrogen and oxygen atoms in total. The van der Waals surface area contributed by atoms with Gasteiger partial charge in [-0.3, -0.25) is 9.59 Å². The van der Waals surface area contributed by atoms with Gasteiger partial charge in [0.05, 0.1) is 0 Å². The van der Waals surface area contributed by atoms with Crippen molar-refractivity contribution in [3.8, 4) is 0 Å². The number of hydrogen-bond donors (Lipinski definition) is 3. The van der Waals surface area contributed by atoms with Gasteiger partial charge in [0.15, 0.2) is 0 Å². The molecule has 45 heavy (non-hydrogen) atoms. The van der Waals surface area contributed by atoms with Crippen LogP contribution in [0.5, 0.6) is 0 Å². The van der Waals surface area contributed by atoms with Crippen LogP contribution in [0.1, 0.15) is 211 Å². The van der Waals surface area contributed by atoms with Gasteiger partial charge >= 0.3 is 0 Å². The summed E-state index contributed by atoms with van der Waals surface area (Å²) in [6.07, 6.45) is 31.1. The summed E-state index contributed by atoms with van der Waals surface area (Å²) in [6, 6.07) is 0. The number of H-pyrrole nitrogens is 1. The van der Waals surface area contributed by atoms with Crippen molar-refractivity contribution in [1.29, 1.82) is 0 Å². The number of rotatable bonds is 33. The molecule has 3 N–H and O–H groups in total. The first-order valence-corrected chi connectivity index (χ1v) is 19.3. The Morgan fingerprint density at radius 3 is 1.18 bits per heavy atom. The van der Waals surface area contributed by atoms with Gasteiger partial charge in [0.25, 0.3) is 0 Å². The number of aromatic amines is 1. The minimum atomic E-state index is -1.49. The third-order valence-corrected chi connectivity index (χ3v) is 9.41. The fraction of sp³-hybridized carbons (Fsp3) is 0.872. The highest BCUT2D eigenvalue weighted by Gasteiger charge is 2.38. The minimum absolute atomic E-state index is 0.201. The summed E-state index contributed by atoms with van der Waals surface area (Å²) in [5.74, 6) is -1.48. The van der Waals surface area contributed by atoms with Crippen LogP contribution in [0.25, 0.3) is 0 Å². The van der Waals surface area contributed by atoms with Crippen molar-refractivity contribution in [3.05, 3.63) is 17.7 Å². The molecule has 1 heterocycles. The lowest BCUT2D eigenvalue weighted by Crippen LogP contribution is -2.39. The number of Topliss-reactive ketones (excluding diaryl/α,β-unsaturated/α-hetero) is 2. The molecule has 0 aliphatic rings. The van der Waals surface area contributed by atoms with Crippen molar-refractivity contribution < 1.29 is 19.8 Å². The van der Waals surface area contributed by atoms with Crippen LogP contribution >= 0.6 is 0 Å². The third-order valence-electron chi connectivity index (χ3n) is 9.41. The van der Waals surface area contributed by atoms with Gasteiger partial charge in [-0.1, -0.05) is 168 Å². The van der Waals surface area contributed by atoms with Gasteiger partial charge in [0.1, 0.15) is 35.5 Å². The number of nitrogens with zero attached hydrogens (tertiary/aromatic N) is 1. The molecule has 0 radical (unpaired) electrons. The monoisotopic (exact) mass is 633 g/mol. The number of hydrogen-bond acceptors (Lipinski definition) is 5. The number of aliphatic hydroxyl groups excluding tert-OH is 2. The molecule has 0 spiro atoms. The summed E-state index contributed by atoms with van der Waals surface area (Å²) in [5, 5.41) is 21.8. The number of ketones is 2. The first kappa shape index (κ1) is 41.5. The maximum absolute atomic E-state index is 13.3. The minimum Gasteiger partial charge on any atom is -0.389 e. The number of carbonyl (C=O) groups is 2. The highest BCUT2D eigenvalue weighted by atomic mass is 16.3. The summed E-state index contributed by atoms with van der Waals surface area (Å²) in [7, 11) is 0. The van der Waals surface area contributed by atoms with Crippen molar-refractivity contribution in [3.63, 3.8) is 0 Å².